The molecule has 0 saturated heterocycles. The summed E-state index contributed by atoms with van der Waals surface area (Å²) in [5, 5.41) is 12.3. The fraction of sp³-hybridized carbons (Fsp3) is 0.235. The molecule has 2 N–H and O–H groups in total. The minimum Gasteiger partial charge on any atom is -0.492 e. The Kier molecular flexibility index (Phi) is 5.35. The molecule has 2 rings (SSSR count). The van der Waals surface area contributed by atoms with E-state index >= 15 is 0 Å². The molecule has 1 atom stereocenters. The lowest BCUT2D eigenvalue weighted by atomic mass is 10.1. The molecule has 2 aromatic rings. The number of aliphatic carboxylic acids is 1. The van der Waals surface area contributed by atoms with Crippen LogP contribution in [-0.4, -0.2) is 24.2 Å². The first kappa shape index (κ1) is 15.1. The first-order valence-corrected chi connectivity index (χ1v) is 6.87. The first-order valence-electron chi connectivity index (χ1n) is 6.87. The second-order valence-electron chi connectivity index (χ2n) is 4.80. The van der Waals surface area contributed by atoms with Gasteiger partial charge in [0, 0.05) is 6.54 Å². The van der Waals surface area contributed by atoms with E-state index < -0.39 is 12.0 Å². The number of nitrogens with one attached hydrogen (secondary N) is 1. The highest BCUT2D eigenvalue weighted by molar-refractivity contribution is 5.75. The molecule has 2 aromatic carbocycles. The standard InChI is InChI=1S/C17H19NO3/c1-13-7-9-15(10-8-13)21-12-11-18-16(17(19)20)14-5-3-2-4-6-14/h2-10,16,18H,11-12H2,1H3,(H,19,20). The molecule has 0 aliphatic rings. The normalized spacial score (nSPS) is 11.9. The monoisotopic (exact) mass is 285 g/mol. The smallest absolute Gasteiger partial charge is 0.325 e. The van der Waals surface area contributed by atoms with Crippen molar-refractivity contribution in [3.8, 4) is 5.75 Å². The molecule has 1 unspecified atom stereocenters. The van der Waals surface area contributed by atoms with Gasteiger partial charge in [-0.2, -0.15) is 0 Å². The largest absolute Gasteiger partial charge is 0.492 e. The second kappa shape index (κ2) is 7.45. The van der Waals surface area contributed by atoms with Crippen molar-refractivity contribution in [2.75, 3.05) is 13.2 Å². The van der Waals surface area contributed by atoms with Gasteiger partial charge in [-0.1, -0.05) is 48.0 Å². The van der Waals surface area contributed by atoms with Gasteiger partial charge in [0.05, 0.1) is 0 Å². The minimum atomic E-state index is -0.892. The Labute approximate surface area is 124 Å². The van der Waals surface area contributed by atoms with Crippen molar-refractivity contribution in [2.45, 2.75) is 13.0 Å². The SMILES string of the molecule is Cc1ccc(OCCNC(C(=O)O)c2ccccc2)cc1. The van der Waals surface area contributed by atoms with Crippen LogP contribution in [0.1, 0.15) is 17.2 Å². The zero-order valence-corrected chi connectivity index (χ0v) is 12.0. The Morgan fingerprint density at radius 3 is 2.43 bits per heavy atom. The van der Waals surface area contributed by atoms with E-state index in [1.165, 1.54) is 5.56 Å². The molecule has 0 amide bonds. The highest BCUT2D eigenvalue weighted by Gasteiger charge is 2.18. The number of carboxylic acid groups (broad SMARTS) is 1. The molecule has 0 saturated carbocycles. The molecule has 0 aliphatic carbocycles. The third-order valence-electron chi connectivity index (χ3n) is 3.12. The fourth-order valence-electron chi connectivity index (χ4n) is 2.00. The van der Waals surface area contributed by atoms with Gasteiger partial charge in [0.25, 0.3) is 0 Å². The summed E-state index contributed by atoms with van der Waals surface area (Å²) in [6.45, 7) is 2.89. The Morgan fingerprint density at radius 1 is 1.14 bits per heavy atom. The van der Waals surface area contributed by atoms with E-state index in [-0.39, 0.29) is 0 Å². The summed E-state index contributed by atoms with van der Waals surface area (Å²) in [6, 6.07) is 16.2. The minimum absolute atomic E-state index is 0.416. The molecule has 0 fully saturated rings. The van der Waals surface area contributed by atoms with E-state index in [1.807, 2.05) is 49.4 Å². The third-order valence-corrected chi connectivity index (χ3v) is 3.12. The highest BCUT2D eigenvalue weighted by Crippen LogP contribution is 2.13. The molecule has 0 aromatic heterocycles. The van der Waals surface area contributed by atoms with E-state index in [4.69, 9.17) is 4.74 Å². The highest BCUT2D eigenvalue weighted by atomic mass is 16.5. The number of benzene rings is 2. The van der Waals surface area contributed by atoms with Gasteiger partial charge in [0.15, 0.2) is 0 Å². The molecule has 4 nitrogen and oxygen atoms in total. The molecule has 0 spiro atoms. The van der Waals surface area contributed by atoms with Crippen molar-refractivity contribution in [1.29, 1.82) is 0 Å². The van der Waals surface area contributed by atoms with Crippen molar-refractivity contribution < 1.29 is 14.6 Å². The topological polar surface area (TPSA) is 58.6 Å². The van der Waals surface area contributed by atoms with Gasteiger partial charge in [-0.05, 0) is 24.6 Å². The Balaban J connectivity index is 1.83. The van der Waals surface area contributed by atoms with Crippen molar-refractivity contribution in [2.24, 2.45) is 0 Å². The zero-order chi connectivity index (χ0) is 15.1. The molecule has 0 heterocycles. The summed E-state index contributed by atoms with van der Waals surface area (Å²) in [7, 11) is 0. The van der Waals surface area contributed by atoms with Crippen LogP contribution in [0.25, 0.3) is 0 Å². The zero-order valence-electron chi connectivity index (χ0n) is 12.0. The molecular formula is C17H19NO3. The lowest BCUT2D eigenvalue weighted by Gasteiger charge is -2.15. The van der Waals surface area contributed by atoms with Gasteiger partial charge < -0.3 is 9.84 Å². The number of aryl methyl sites for hydroxylation is 1. The summed E-state index contributed by atoms with van der Waals surface area (Å²) in [5.41, 5.74) is 1.91. The van der Waals surface area contributed by atoms with Gasteiger partial charge in [-0.3, -0.25) is 10.1 Å². The number of hydrogen-bond donors (Lipinski definition) is 2. The quantitative estimate of drug-likeness (QED) is 0.768. The number of ether oxygens (including phenoxy) is 1. The maximum Gasteiger partial charge on any atom is 0.325 e. The van der Waals surface area contributed by atoms with Gasteiger partial charge in [-0.25, -0.2) is 0 Å². The lowest BCUT2D eigenvalue weighted by Crippen LogP contribution is -2.31. The van der Waals surface area contributed by atoms with Crippen molar-refractivity contribution in [3.63, 3.8) is 0 Å². The Morgan fingerprint density at radius 2 is 1.81 bits per heavy atom. The molecule has 4 heteroatoms. The average Bonchev–Trinajstić information content (AvgIpc) is 2.49. The van der Waals surface area contributed by atoms with Crippen molar-refractivity contribution >= 4 is 5.97 Å². The van der Waals surface area contributed by atoms with Gasteiger partial charge >= 0.3 is 5.97 Å². The van der Waals surface area contributed by atoms with Crippen LogP contribution in [0.15, 0.2) is 54.6 Å². The first-order chi connectivity index (χ1) is 10.2. The molecule has 0 bridgehead atoms. The van der Waals surface area contributed by atoms with Crippen LogP contribution in [0, 0.1) is 6.92 Å². The van der Waals surface area contributed by atoms with Gasteiger partial charge in [-0.15, -0.1) is 0 Å². The van der Waals surface area contributed by atoms with Gasteiger partial charge in [0.2, 0.25) is 0 Å². The lowest BCUT2D eigenvalue weighted by molar-refractivity contribution is -0.139. The Hall–Kier alpha value is -2.33. The number of hydrogen-bond acceptors (Lipinski definition) is 3. The Bertz CT molecular complexity index is 566. The van der Waals surface area contributed by atoms with Gasteiger partial charge in [0.1, 0.15) is 18.4 Å². The summed E-state index contributed by atoms with van der Waals surface area (Å²) in [5.74, 6) is -0.106. The summed E-state index contributed by atoms with van der Waals surface area (Å²) < 4.78 is 5.57. The van der Waals surface area contributed by atoms with Crippen LogP contribution in [0.5, 0.6) is 5.75 Å². The van der Waals surface area contributed by atoms with Crippen LogP contribution in [0.4, 0.5) is 0 Å². The average molecular weight is 285 g/mol. The van der Waals surface area contributed by atoms with E-state index in [1.54, 1.807) is 12.1 Å². The van der Waals surface area contributed by atoms with Crippen LogP contribution in [-0.2, 0) is 4.79 Å². The molecule has 110 valence electrons. The molecule has 0 radical (unpaired) electrons. The maximum absolute atomic E-state index is 11.3. The summed E-state index contributed by atoms with van der Waals surface area (Å²) in [4.78, 5) is 11.3. The fourth-order valence-corrected chi connectivity index (χ4v) is 2.00. The predicted octanol–water partition coefficient (Wildman–Crippen LogP) is 2.79. The second-order valence-corrected chi connectivity index (χ2v) is 4.80. The van der Waals surface area contributed by atoms with E-state index in [2.05, 4.69) is 5.32 Å². The van der Waals surface area contributed by atoms with E-state index in [0.29, 0.717) is 13.2 Å². The molecular weight excluding hydrogens is 266 g/mol. The summed E-state index contributed by atoms with van der Waals surface area (Å²) in [6.07, 6.45) is 0. The number of carboxylic acids is 1. The van der Waals surface area contributed by atoms with Crippen LogP contribution in [0.3, 0.4) is 0 Å². The van der Waals surface area contributed by atoms with Crippen molar-refractivity contribution in [1.82, 2.24) is 5.32 Å². The van der Waals surface area contributed by atoms with Crippen molar-refractivity contribution in [3.05, 3.63) is 65.7 Å². The van der Waals surface area contributed by atoms with Crippen LogP contribution < -0.4 is 10.1 Å². The number of rotatable bonds is 7. The molecule has 0 aliphatic heterocycles. The maximum atomic E-state index is 11.3. The third kappa shape index (κ3) is 4.61. The summed E-state index contributed by atoms with van der Waals surface area (Å²) >= 11 is 0. The molecule has 21 heavy (non-hydrogen) atoms. The predicted molar refractivity (Wildman–Crippen MR) is 81.5 cm³/mol. The van der Waals surface area contributed by atoms with Crippen LogP contribution in [0.2, 0.25) is 0 Å². The number of carbonyl (C=O) groups is 1. The van der Waals surface area contributed by atoms with Crippen LogP contribution >= 0.6 is 0 Å². The van der Waals surface area contributed by atoms with E-state index in [9.17, 15) is 9.90 Å². The van der Waals surface area contributed by atoms with E-state index in [0.717, 1.165) is 11.3 Å².